The third-order valence-corrected chi connectivity index (χ3v) is 9.89. The van der Waals surface area contributed by atoms with Crippen LogP contribution in [0.3, 0.4) is 0 Å². The molecule has 0 saturated heterocycles. The van der Waals surface area contributed by atoms with Gasteiger partial charge >= 0.3 is 17.9 Å². The lowest BCUT2D eigenvalue weighted by molar-refractivity contribution is -0.166. The Morgan fingerprint density at radius 2 is 0.641 bits per heavy atom. The van der Waals surface area contributed by atoms with Gasteiger partial charge in [-0.1, -0.05) is 199 Å². The third-order valence-electron chi connectivity index (χ3n) is 9.89. The molecule has 64 heavy (non-hydrogen) atoms. The molecule has 6 heteroatoms. The number of esters is 3. The summed E-state index contributed by atoms with van der Waals surface area (Å²) < 4.78 is 16.6. The topological polar surface area (TPSA) is 78.9 Å². The van der Waals surface area contributed by atoms with Crippen molar-refractivity contribution in [1.29, 1.82) is 0 Å². The Morgan fingerprint density at radius 3 is 1.08 bits per heavy atom. The van der Waals surface area contributed by atoms with Crippen molar-refractivity contribution in [3.05, 3.63) is 134 Å². The lowest BCUT2D eigenvalue weighted by Crippen LogP contribution is -2.30. The highest BCUT2D eigenvalue weighted by atomic mass is 16.6. The Labute approximate surface area is 392 Å². The molecule has 0 amide bonds. The maximum atomic E-state index is 12.7. The van der Waals surface area contributed by atoms with Crippen molar-refractivity contribution in [2.24, 2.45) is 0 Å². The summed E-state index contributed by atoms with van der Waals surface area (Å²) in [4.78, 5) is 37.9. The largest absolute Gasteiger partial charge is 0.462 e. The van der Waals surface area contributed by atoms with Gasteiger partial charge in [-0.2, -0.15) is 0 Å². The number of unbranched alkanes of at least 4 members (excludes halogenated alkanes) is 10. The molecule has 0 fully saturated rings. The molecule has 0 radical (unpaired) electrons. The summed E-state index contributed by atoms with van der Waals surface area (Å²) in [6, 6.07) is 0. The number of allylic oxidation sites excluding steroid dienone is 22. The molecular weight excluding hydrogens is 793 g/mol. The van der Waals surface area contributed by atoms with Gasteiger partial charge < -0.3 is 14.2 Å². The zero-order chi connectivity index (χ0) is 46.5. The molecule has 1 atom stereocenters. The van der Waals surface area contributed by atoms with E-state index in [0.717, 1.165) is 70.6 Å². The van der Waals surface area contributed by atoms with E-state index in [4.69, 9.17) is 14.2 Å². The molecule has 0 heterocycles. The first-order chi connectivity index (χ1) is 31.5. The number of hydrogen-bond acceptors (Lipinski definition) is 6. The van der Waals surface area contributed by atoms with Crippen molar-refractivity contribution < 1.29 is 28.6 Å². The van der Waals surface area contributed by atoms with Crippen molar-refractivity contribution in [2.75, 3.05) is 13.2 Å². The van der Waals surface area contributed by atoms with Gasteiger partial charge in [0.25, 0.3) is 0 Å². The Hall–Kier alpha value is -4.45. The van der Waals surface area contributed by atoms with Crippen LogP contribution in [0, 0.1) is 0 Å². The highest BCUT2D eigenvalue weighted by Crippen LogP contribution is 2.09. The van der Waals surface area contributed by atoms with E-state index in [2.05, 4.69) is 136 Å². The van der Waals surface area contributed by atoms with E-state index in [0.29, 0.717) is 19.3 Å². The first-order valence-corrected chi connectivity index (χ1v) is 25.2. The maximum absolute atomic E-state index is 12.7. The summed E-state index contributed by atoms with van der Waals surface area (Å²) in [6.07, 6.45) is 71.8. The van der Waals surface area contributed by atoms with Crippen LogP contribution in [0.15, 0.2) is 134 Å². The minimum Gasteiger partial charge on any atom is -0.462 e. The number of hydrogen-bond donors (Lipinski definition) is 0. The quantitative estimate of drug-likeness (QED) is 0.0263. The molecule has 0 aromatic heterocycles. The molecule has 0 bridgehead atoms. The van der Waals surface area contributed by atoms with Gasteiger partial charge in [0, 0.05) is 19.3 Å². The summed E-state index contributed by atoms with van der Waals surface area (Å²) in [6.45, 7) is 6.29. The minimum absolute atomic E-state index is 0.158. The fourth-order valence-corrected chi connectivity index (χ4v) is 6.12. The molecule has 1 unspecified atom stereocenters. The summed E-state index contributed by atoms with van der Waals surface area (Å²) >= 11 is 0. The Morgan fingerprint density at radius 1 is 0.328 bits per heavy atom. The second kappa shape index (κ2) is 51.2. The fourth-order valence-electron chi connectivity index (χ4n) is 6.12. The van der Waals surface area contributed by atoms with E-state index in [9.17, 15) is 14.4 Å². The standard InChI is InChI=1S/C58H90O6/c1-4-7-10-13-16-19-22-25-27-29-31-33-36-39-42-45-48-51-57(60)63-54-55(53-62-56(59)50-47-44-41-38-35-32-24-21-18-15-12-9-6-3)64-58(61)52-49-46-43-40-37-34-30-28-26-23-20-17-14-11-8-5-2/h8,11,16-17,19-20,25-28,31-35,37,39,41-44,46,55H,4-7,9-10,12-15,18,21-24,29-30,36,38,40,45,47-54H2,1-3H3/b11-8-,19-16-,20-17-,27-25-,28-26-,33-31-,35-32-,37-34-,42-39-,44-41-,46-43-. The minimum atomic E-state index is -0.866. The van der Waals surface area contributed by atoms with Crippen LogP contribution in [0.25, 0.3) is 0 Å². The summed E-state index contributed by atoms with van der Waals surface area (Å²) in [5.41, 5.74) is 0. The van der Waals surface area contributed by atoms with Gasteiger partial charge in [-0.3, -0.25) is 14.4 Å². The van der Waals surface area contributed by atoms with E-state index >= 15 is 0 Å². The lowest BCUT2D eigenvalue weighted by Gasteiger charge is -2.18. The molecule has 0 spiro atoms. The van der Waals surface area contributed by atoms with Gasteiger partial charge in [0.1, 0.15) is 13.2 Å². The summed E-state index contributed by atoms with van der Waals surface area (Å²) in [5, 5.41) is 0. The Balaban J connectivity index is 4.68. The van der Waals surface area contributed by atoms with Crippen LogP contribution in [0.5, 0.6) is 0 Å². The average molecular weight is 883 g/mol. The van der Waals surface area contributed by atoms with E-state index < -0.39 is 12.1 Å². The van der Waals surface area contributed by atoms with Crippen LogP contribution in [0.2, 0.25) is 0 Å². The second-order valence-corrected chi connectivity index (χ2v) is 16.0. The SMILES string of the molecule is CC/C=C\C/C=C\C/C=C\C/C=C\C/C=C\CCC(=O)OC(COC(=O)CC/C=C\C/C=C\CCCCCCCC)COC(=O)CCC/C=C\C/C=C\C/C=C\C/C=C\CCCCC. The zero-order valence-corrected chi connectivity index (χ0v) is 40.7. The zero-order valence-electron chi connectivity index (χ0n) is 40.7. The fraction of sp³-hybridized carbons (Fsp3) is 0.569. The maximum Gasteiger partial charge on any atom is 0.306 e. The Bertz CT molecular complexity index is 1430. The average Bonchev–Trinajstić information content (AvgIpc) is 3.29. The lowest BCUT2D eigenvalue weighted by atomic mass is 10.1. The van der Waals surface area contributed by atoms with Crippen molar-refractivity contribution in [2.45, 2.75) is 200 Å². The van der Waals surface area contributed by atoms with Crippen LogP contribution < -0.4 is 0 Å². The molecule has 0 aromatic carbocycles. The van der Waals surface area contributed by atoms with Gasteiger partial charge in [0.15, 0.2) is 6.10 Å². The number of rotatable bonds is 43. The van der Waals surface area contributed by atoms with E-state index in [-0.39, 0.29) is 44.4 Å². The molecule has 0 aliphatic carbocycles. The van der Waals surface area contributed by atoms with Gasteiger partial charge in [-0.15, -0.1) is 0 Å². The van der Waals surface area contributed by atoms with Crippen LogP contribution in [-0.4, -0.2) is 37.2 Å². The van der Waals surface area contributed by atoms with Gasteiger partial charge in [-0.05, 0) is 109 Å². The van der Waals surface area contributed by atoms with Crippen LogP contribution in [-0.2, 0) is 28.6 Å². The molecule has 358 valence electrons. The molecule has 6 nitrogen and oxygen atoms in total. The van der Waals surface area contributed by atoms with E-state index in [1.54, 1.807) is 0 Å². The molecule has 0 aromatic rings. The first kappa shape index (κ1) is 59.5. The third kappa shape index (κ3) is 48.6. The highest BCUT2D eigenvalue weighted by Gasteiger charge is 2.19. The predicted molar refractivity (Wildman–Crippen MR) is 274 cm³/mol. The molecule has 0 N–H and O–H groups in total. The number of ether oxygens (including phenoxy) is 3. The Kier molecular flexibility index (Phi) is 47.6. The summed E-state index contributed by atoms with van der Waals surface area (Å²) in [7, 11) is 0. The smallest absolute Gasteiger partial charge is 0.306 e. The second-order valence-electron chi connectivity index (χ2n) is 16.0. The molecule has 0 aliphatic rings. The van der Waals surface area contributed by atoms with Crippen molar-refractivity contribution in [1.82, 2.24) is 0 Å². The monoisotopic (exact) mass is 883 g/mol. The van der Waals surface area contributed by atoms with Gasteiger partial charge in [0.2, 0.25) is 0 Å². The van der Waals surface area contributed by atoms with Crippen molar-refractivity contribution in [3.63, 3.8) is 0 Å². The van der Waals surface area contributed by atoms with Gasteiger partial charge in [-0.25, -0.2) is 0 Å². The molecule has 0 aliphatic heterocycles. The normalized spacial score (nSPS) is 13.2. The van der Waals surface area contributed by atoms with E-state index in [1.807, 2.05) is 18.2 Å². The van der Waals surface area contributed by atoms with Crippen molar-refractivity contribution >= 4 is 17.9 Å². The number of carbonyl (C=O) groups is 3. The van der Waals surface area contributed by atoms with Crippen LogP contribution in [0.4, 0.5) is 0 Å². The van der Waals surface area contributed by atoms with Crippen LogP contribution >= 0.6 is 0 Å². The van der Waals surface area contributed by atoms with Gasteiger partial charge in [0.05, 0.1) is 0 Å². The van der Waals surface area contributed by atoms with Crippen molar-refractivity contribution in [3.8, 4) is 0 Å². The molecule has 0 rings (SSSR count). The molecular formula is C58H90O6. The van der Waals surface area contributed by atoms with Crippen LogP contribution in [0.1, 0.15) is 194 Å². The van der Waals surface area contributed by atoms with E-state index in [1.165, 1.54) is 64.2 Å². The predicted octanol–water partition coefficient (Wildman–Crippen LogP) is 16.7. The summed E-state index contributed by atoms with van der Waals surface area (Å²) in [5.74, 6) is -1.17. The number of carbonyl (C=O) groups excluding carboxylic acids is 3. The molecule has 0 saturated carbocycles. The highest BCUT2D eigenvalue weighted by molar-refractivity contribution is 5.71. The first-order valence-electron chi connectivity index (χ1n) is 25.2.